The van der Waals surface area contributed by atoms with Gasteiger partial charge in [0.1, 0.15) is 0 Å². The minimum absolute atomic E-state index is 0.731. The van der Waals surface area contributed by atoms with Crippen LogP contribution in [0.25, 0.3) is 0 Å². The standard InChI is InChI=1S/4C7H13N.2C6H11N/c4*1-5-4-8-7(3)6(5)2;2*1-5-3-6(2)7-4-5/h4*5-6H,4H2,1-3H3;2*5H,3-4H2,1-2H3/t2*5?,6-;5-,6+;5-,6-;2*5-/m100010/s1. The van der Waals surface area contributed by atoms with Crippen LogP contribution in [0.4, 0.5) is 0 Å². The van der Waals surface area contributed by atoms with Crippen LogP contribution < -0.4 is 0 Å². The van der Waals surface area contributed by atoms with Gasteiger partial charge >= 0.3 is 0 Å². The van der Waals surface area contributed by atoms with Crippen molar-refractivity contribution < 1.29 is 0 Å². The van der Waals surface area contributed by atoms with Crippen LogP contribution in [0, 0.1) is 59.2 Å². The summed E-state index contributed by atoms with van der Waals surface area (Å²) in [6.45, 7) is 41.5. The van der Waals surface area contributed by atoms with Crippen molar-refractivity contribution in [1.29, 1.82) is 0 Å². The quantitative estimate of drug-likeness (QED) is 0.253. The molecule has 10 atom stereocenters. The summed E-state index contributed by atoms with van der Waals surface area (Å²) in [7, 11) is 0. The Labute approximate surface area is 285 Å². The zero-order valence-electron chi connectivity index (χ0n) is 33.1. The average Bonchev–Trinajstić information content (AvgIpc) is 3.86. The topological polar surface area (TPSA) is 74.2 Å². The van der Waals surface area contributed by atoms with Crippen molar-refractivity contribution in [2.75, 3.05) is 39.3 Å². The molecule has 6 aliphatic rings. The van der Waals surface area contributed by atoms with Gasteiger partial charge in [0.2, 0.25) is 0 Å². The van der Waals surface area contributed by atoms with Gasteiger partial charge in [0.25, 0.3) is 0 Å². The number of hydrogen-bond donors (Lipinski definition) is 0. The van der Waals surface area contributed by atoms with E-state index in [1.807, 2.05) is 0 Å². The molecule has 0 radical (unpaired) electrons. The van der Waals surface area contributed by atoms with Crippen LogP contribution in [0.5, 0.6) is 0 Å². The van der Waals surface area contributed by atoms with Gasteiger partial charge in [-0.25, -0.2) is 0 Å². The van der Waals surface area contributed by atoms with Crippen LogP contribution >= 0.6 is 0 Å². The summed E-state index contributed by atoms with van der Waals surface area (Å²) in [5.74, 6) is 7.71. The SMILES string of the molecule is CC1=NCC(C)[C@@H]1C.CC1=NCC(C)[C@H]1C.CC1=NC[C@@H](C)C1.CC1=NC[C@H](C)C1.CC1=NC[C@H](C)[C@@H]1C.CC1=NC[C@H](C)[C@H]1C. The van der Waals surface area contributed by atoms with Crippen LogP contribution in [0.1, 0.15) is 124 Å². The highest BCUT2D eigenvalue weighted by Gasteiger charge is 2.21. The molecule has 6 heteroatoms. The molecule has 2 unspecified atom stereocenters. The molecule has 0 aromatic rings. The van der Waals surface area contributed by atoms with E-state index in [0.29, 0.717) is 0 Å². The Kier molecular flexibility index (Phi) is 19.3. The molecule has 0 spiro atoms. The van der Waals surface area contributed by atoms with Crippen LogP contribution in [-0.4, -0.2) is 73.5 Å². The third-order valence-corrected chi connectivity index (χ3v) is 11.2. The van der Waals surface area contributed by atoms with Crippen molar-refractivity contribution in [3.8, 4) is 0 Å². The fraction of sp³-hybridized carbons (Fsp3) is 0.850. The molecule has 0 aromatic carbocycles. The molecular weight excluding hydrogens is 564 g/mol. The molecule has 264 valence electrons. The second kappa shape index (κ2) is 21.1. The molecule has 6 rings (SSSR count). The van der Waals surface area contributed by atoms with Crippen molar-refractivity contribution in [3.05, 3.63) is 0 Å². The van der Waals surface area contributed by atoms with Gasteiger partial charge in [0.05, 0.1) is 0 Å². The molecule has 6 nitrogen and oxygen atoms in total. The highest BCUT2D eigenvalue weighted by atomic mass is 14.8. The van der Waals surface area contributed by atoms with Gasteiger partial charge in [-0.3, -0.25) is 30.0 Å². The molecule has 0 saturated heterocycles. The molecule has 0 amide bonds. The summed E-state index contributed by atoms with van der Waals surface area (Å²) in [4.78, 5) is 25.7. The molecule has 0 aromatic heterocycles. The Morgan fingerprint density at radius 3 is 0.587 bits per heavy atom. The molecular formula is C40H74N6. The Balaban J connectivity index is 0.000000276. The van der Waals surface area contributed by atoms with Crippen LogP contribution in [0.2, 0.25) is 0 Å². The smallest absolute Gasteiger partial charge is 0.0420 e. The van der Waals surface area contributed by atoms with Crippen molar-refractivity contribution >= 4 is 34.3 Å². The first kappa shape index (κ1) is 42.0. The first-order chi connectivity index (χ1) is 21.4. The third kappa shape index (κ3) is 15.3. The van der Waals surface area contributed by atoms with E-state index in [0.717, 1.165) is 98.4 Å². The molecule has 0 aliphatic carbocycles. The van der Waals surface area contributed by atoms with E-state index in [-0.39, 0.29) is 0 Å². The van der Waals surface area contributed by atoms with Crippen LogP contribution in [0.15, 0.2) is 30.0 Å². The summed E-state index contributed by atoms with van der Waals surface area (Å²) < 4.78 is 0. The lowest BCUT2D eigenvalue weighted by atomic mass is 9.96. The second-order valence-electron chi connectivity index (χ2n) is 15.8. The minimum atomic E-state index is 0.731. The number of nitrogens with zero attached hydrogens (tertiary/aromatic N) is 6. The summed E-state index contributed by atoms with van der Waals surface area (Å²) in [5, 5.41) is 0. The van der Waals surface area contributed by atoms with E-state index in [4.69, 9.17) is 0 Å². The van der Waals surface area contributed by atoms with Gasteiger partial charge in [-0.2, -0.15) is 0 Å². The van der Waals surface area contributed by atoms with Crippen molar-refractivity contribution in [2.45, 2.75) is 124 Å². The van der Waals surface area contributed by atoms with E-state index in [1.54, 1.807) is 0 Å². The van der Waals surface area contributed by atoms with Crippen LogP contribution in [-0.2, 0) is 0 Å². The van der Waals surface area contributed by atoms with Gasteiger partial charge < -0.3 is 0 Å². The van der Waals surface area contributed by atoms with Gasteiger partial charge in [0, 0.05) is 73.5 Å². The number of aliphatic imine (C=N–C) groups is 6. The highest BCUT2D eigenvalue weighted by Crippen LogP contribution is 2.21. The Morgan fingerprint density at radius 2 is 0.543 bits per heavy atom. The highest BCUT2D eigenvalue weighted by molar-refractivity contribution is 5.87. The minimum Gasteiger partial charge on any atom is -0.294 e. The largest absolute Gasteiger partial charge is 0.294 e. The predicted octanol–water partition coefficient (Wildman–Crippen LogP) is 9.91. The Bertz CT molecular complexity index is 949. The maximum Gasteiger partial charge on any atom is 0.0420 e. The lowest BCUT2D eigenvalue weighted by molar-refractivity contribution is 0.533. The zero-order valence-corrected chi connectivity index (χ0v) is 33.1. The van der Waals surface area contributed by atoms with Gasteiger partial charge in [-0.15, -0.1) is 0 Å². The van der Waals surface area contributed by atoms with E-state index in [2.05, 4.69) is 141 Å². The van der Waals surface area contributed by atoms with Gasteiger partial charge in [0.15, 0.2) is 0 Å². The van der Waals surface area contributed by atoms with E-state index >= 15 is 0 Å². The molecule has 0 fully saturated rings. The van der Waals surface area contributed by atoms with Crippen molar-refractivity contribution in [2.24, 2.45) is 89.1 Å². The Hall–Kier alpha value is -1.98. The fourth-order valence-corrected chi connectivity index (χ4v) is 5.90. The first-order valence-corrected chi connectivity index (χ1v) is 18.5. The second-order valence-corrected chi connectivity index (χ2v) is 15.8. The van der Waals surface area contributed by atoms with E-state index in [1.165, 1.54) is 47.1 Å². The van der Waals surface area contributed by atoms with E-state index < -0.39 is 0 Å². The van der Waals surface area contributed by atoms with Crippen molar-refractivity contribution in [3.63, 3.8) is 0 Å². The summed E-state index contributed by atoms with van der Waals surface area (Å²) in [6, 6.07) is 0. The zero-order chi connectivity index (χ0) is 35.1. The third-order valence-electron chi connectivity index (χ3n) is 11.2. The van der Waals surface area contributed by atoms with Gasteiger partial charge in [-0.05, 0) is 114 Å². The summed E-state index contributed by atoms with van der Waals surface area (Å²) in [5.41, 5.74) is 7.98. The monoisotopic (exact) mass is 639 g/mol. The maximum atomic E-state index is 4.31. The molecule has 6 heterocycles. The average molecular weight is 639 g/mol. The molecule has 0 N–H and O–H groups in total. The molecule has 6 aliphatic heterocycles. The normalized spacial score (nSPS) is 35.5. The first-order valence-electron chi connectivity index (χ1n) is 18.5. The maximum absolute atomic E-state index is 4.31. The molecule has 46 heavy (non-hydrogen) atoms. The molecule has 0 bridgehead atoms. The summed E-state index contributed by atoms with van der Waals surface area (Å²) in [6.07, 6.45) is 2.44. The Morgan fingerprint density at radius 1 is 0.326 bits per heavy atom. The lowest BCUT2D eigenvalue weighted by Crippen LogP contribution is -2.09. The number of rotatable bonds is 0. The predicted molar refractivity (Wildman–Crippen MR) is 209 cm³/mol. The molecule has 0 saturated carbocycles. The van der Waals surface area contributed by atoms with Crippen molar-refractivity contribution in [1.82, 2.24) is 0 Å². The fourth-order valence-electron chi connectivity index (χ4n) is 5.90. The van der Waals surface area contributed by atoms with Crippen LogP contribution in [0.3, 0.4) is 0 Å². The van der Waals surface area contributed by atoms with Gasteiger partial charge in [-0.1, -0.05) is 69.2 Å². The lowest BCUT2D eigenvalue weighted by Gasteiger charge is -2.06. The summed E-state index contributed by atoms with van der Waals surface area (Å²) >= 11 is 0. The van der Waals surface area contributed by atoms with E-state index in [9.17, 15) is 0 Å². The number of hydrogen-bond acceptors (Lipinski definition) is 6.